The lowest BCUT2D eigenvalue weighted by atomic mass is 10.0. The Balaban J connectivity index is 1.43. The molecule has 1 aliphatic rings. The number of hydrogen-bond acceptors (Lipinski definition) is 6. The smallest absolute Gasteiger partial charge is 0.407 e. The van der Waals surface area contributed by atoms with E-state index in [0.717, 1.165) is 5.56 Å². The lowest BCUT2D eigenvalue weighted by Gasteiger charge is -2.22. The molecule has 8 heteroatoms. The summed E-state index contributed by atoms with van der Waals surface area (Å²) in [6.07, 6.45) is -2.71. The number of anilines is 1. The number of alkyl carbamates (subject to hydrolysis) is 1. The fourth-order valence-electron chi connectivity index (χ4n) is 2.75. The van der Waals surface area contributed by atoms with Crippen molar-refractivity contribution in [1.29, 1.82) is 0 Å². The highest BCUT2D eigenvalue weighted by atomic mass is 16.5. The van der Waals surface area contributed by atoms with Crippen LogP contribution in [-0.2, 0) is 16.1 Å². The Bertz CT molecular complexity index is 827. The van der Waals surface area contributed by atoms with Crippen molar-refractivity contribution in [3.05, 3.63) is 59.7 Å². The zero-order valence-electron chi connectivity index (χ0n) is 15.1. The van der Waals surface area contributed by atoms with Crippen LogP contribution >= 0.6 is 0 Å². The summed E-state index contributed by atoms with van der Waals surface area (Å²) in [6, 6.07) is 14.1. The second-order valence-electron chi connectivity index (χ2n) is 6.38. The summed E-state index contributed by atoms with van der Waals surface area (Å²) in [5, 5.41) is 25.7. The molecule has 148 valence electrons. The molecule has 8 nitrogen and oxygen atoms in total. The van der Waals surface area contributed by atoms with Crippen LogP contribution in [0.3, 0.4) is 0 Å². The van der Waals surface area contributed by atoms with Crippen LogP contribution in [0.4, 0.5) is 10.5 Å². The fraction of sp³-hybridized carbons (Fsp3) is 0.300. The van der Waals surface area contributed by atoms with Gasteiger partial charge in [0, 0.05) is 6.54 Å². The first-order valence-electron chi connectivity index (χ1n) is 8.90. The maximum Gasteiger partial charge on any atom is 0.407 e. The summed E-state index contributed by atoms with van der Waals surface area (Å²) in [5.41, 5.74) is 1.84. The van der Waals surface area contributed by atoms with Gasteiger partial charge in [-0.1, -0.05) is 36.4 Å². The Morgan fingerprint density at radius 3 is 2.79 bits per heavy atom. The van der Waals surface area contributed by atoms with Crippen molar-refractivity contribution in [2.24, 2.45) is 0 Å². The van der Waals surface area contributed by atoms with Crippen LogP contribution in [0.25, 0.3) is 0 Å². The topological polar surface area (TPSA) is 117 Å². The molecule has 28 heavy (non-hydrogen) atoms. The van der Waals surface area contributed by atoms with E-state index in [1.807, 2.05) is 30.3 Å². The van der Waals surface area contributed by atoms with Crippen LogP contribution in [0.5, 0.6) is 5.75 Å². The van der Waals surface area contributed by atoms with Gasteiger partial charge in [-0.2, -0.15) is 0 Å². The molecule has 2 aromatic carbocycles. The molecule has 3 rings (SSSR count). The van der Waals surface area contributed by atoms with Gasteiger partial charge in [0.15, 0.2) is 6.61 Å². The molecule has 0 saturated carbocycles. The molecule has 2 aromatic rings. The number of ether oxygens (including phenoxy) is 2. The van der Waals surface area contributed by atoms with E-state index in [2.05, 4.69) is 10.6 Å². The summed E-state index contributed by atoms with van der Waals surface area (Å²) < 4.78 is 10.4. The predicted molar refractivity (Wildman–Crippen MR) is 101 cm³/mol. The molecule has 1 aliphatic heterocycles. The Hall–Kier alpha value is -3.10. The van der Waals surface area contributed by atoms with Gasteiger partial charge < -0.3 is 30.3 Å². The van der Waals surface area contributed by atoms with E-state index >= 15 is 0 Å². The number of aliphatic hydroxyl groups is 2. The Labute approximate surface area is 162 Å². The van der Waals surface area contributed by atoms with E-state index in [4.69, 9.17) is 9.47 Å². The van der Waals surface area contributed by atoms with E-state index < -0.39 is 18.3 Å². The molecule has 0 fully saturated rings. The number of hydrogen-bond donors (Lipinski definition) is 4. The lowest BCUT2D eigenvalue weighted by Crippen LogP contribution is -2.30. The van der Waals surface area contributed by atoms with Gasteiger partial charge in [0.05, 0.1) is 11.8 Å². The van der Waals surface area contributed by atoms with Gasteiger partial charge in [0.1, 0.15) is 18.5 Å². The summed E-state index contributed by atoms with van der Waals surface area (Å²) in [4.78, 5) is 23.0. The number of nitrogens with one attached hydrogen (secondary N) is 2. The Morgan fingerprint density at radius 1 is 1.21 bits per heavy atom. The second-order valence-corrected chi connectivity index (χ2v) is 6.38. The number of carbonyl (C=O) groups excluding carboxylic acids is 2. The quantitative estimate of drug-likeness (QED) is 0.576. The Morgan fingerprint density at radius 2 is 2.00 bits per heavy atom. The molecule has 0 saturated heterocycles. The molecule has 0 spiro atoms. The third-order valence-electron chi connectivity index (χ3n) is 4.27. The predicted octanol–water partition coefficient (Wildman–Crippen LogP) is 1.73. The maximum atomic E-state index is 11.7. The van der Waals surface area contributed by atoms with Crippen molar-refractivity contribution in [2.75, 3.05) is 18.5 Å². The number of rotatable bonds is 7. The average molecular weight is 386 g/mol. The van der Waals surface area contributed by atoms with E-state index in [0.29, 0.717) is 17.0 Å². The number of fused-ring (bicyclic) bond motifs is 1. The molecular formula is C20H22N2O6. The number of benzene rings is 2. The van der Waals surface area contributed by atoms with Crippen molar-refractivity contribution in [1.82, 2.24) is 5.32 Å². The van der Waals surface area contributed by atoms with Gasteiger partial charge in [0.25, 0.3) is 5.91 Å². The Kier molecular flexibility index (Phi) is 6.46. The van der Waals surface area contributed by atoms with Crippen LogP contribution < -0.4 is 15.4 Å². The number of carbonyl (C=O) groups is 2. The largest absolute Gasteiger partial charge is 0.482 e. The van der Waals surface area contributed by atoms with Crippen LogP contribution in [-0.4, -0.2) is 41.5 Å². The van der Waals surface area contributed by atoms with Crippen LogP contribution in [0, 0.1) is 0 Å². The van der Waals surface area contributed by atoms with Gasteiger partial charge in [-0.3, -0.25) is 4.79 Å². The summed E-state index contributed by atoms with van der Waals surface area (Å²) >= 11 is 0. The van der Waals surface area contributed by atoms with Crippen molar-refractivity contribution in [2.45, 2.75) is 25.2 Å². The van der Waals surface area contributed by atoms with Gasteiger partial charge in [0.2, 0.25) is 0 Å². The summed E-state index contributed by atoms with van der Waals surface area (Å²) in [6.45, 7) is 0.205. The van der Waals surface area contributed by atoms with Crippen LogP contribution in [0.2, 0.25) is 0 Å². The van der Waals surface area contributed by atoms with Crippen LogP contribution in [0.1, 0.15) is 23.7 Å². The molecule has 2 atom stereocenters. The van der Waals surface area contributed by atoms with E-state index in [1.54, 1.807) is 18.2 Å². The average Bonchev–Trinajstić information content (AvgIpc) is 2.72. The normalized spacial score (nSPS) is 14.9. The molecule has 0 radical (unpaired) electrons. The highest BCUT2D eigenvalue weighted by molar-refractivity contribution is 5.95. The van der Waals surface area contributed by atoms with Crippen molar-refractivity contribution in [3.8, 4) is 5.75 Å². The summed E-state index contributed by atoms with van der Waals surface area (Å²) in [7, 11) is 0. The third kappa shape index (κ3) is 5.21. The minimum atomic E-state index is -1.16. The first-order chi connectivity index (χ1) is 13.5. The van der Waals surface area contributed by atoms with Gasteiger partial charge in [-0.15, -0.1) is 0 Å². The van der Waals surface area contributed by atoms with Crippen LogP contribution in [0.15, 0.2) is 48.5 Å². The standard InChI is InChI=1S/C20H22N2O6/c23-16(8-9-21-20(26)28-11-13-4-2-1-3-5-13)19(25)14-6-7-15-17(10-14)27-12-18(24)22-15/h1-7,10,16,19,23,25H,8-9,11-12H2,(H,21,26)(H,22,24). The van der Waals surface area contributed by atoms with Crippen molar-refractivity contribution >= 4 is 17.7 Å². The fourth-order valence-corrected chi connectivity index (χ4v) is 2.75. The minimum absolute atomic E-state index is 0.0931. The molecule has 0 aliphatic carbocycles. The van der Waals surface area contributed by atoms with E-state index in [1.165, 1.54) is 0 Å². The summed E-state index contributed by atoms with van der Waals surface area (Å²) in [5.74, 6) is 0.192. The van der Waals surface area contributed by atoms with Gasteiger partial charge >= 0.3 is 6.09 Å². The maximum absolute atomic E-state index is 11.7. The van der Waals surface area contributed by atoms with Crippen molar-refractivity contribution < 1.29 is 29.3 Å². The van der Waals surface area contributed by atoms with E-state index in [9.17, 15) is 19.8 Å². The zero-order chi connectivity index (χ0) is 19.9. The number of aliphatic hydroxyl groups excluding tert-OH is 2. The first-order valence-corrected chi connectivity index (χ1v) is 8.90. The monoisotopic (exact) mass is 386 g/mol. The zero-order valence-corrected chi connectivity index (χ0v) is 15.1. The minimum Gasteiger partial charge on any atom is -0.482 e. The van der Waals surface area contributed by atoms with Crippen molar-refractivity contribution in [3.63, 3.8) is 0 Å². The lowest BCUT2D eigenvalue weighted by molar-refractivity contribution is -0.118. The molecule has 2 unspecified atom stereocenters. The molecule has 0 aromatic heterocycles. The molecule has 0 bridgehead atoms. The first kappa shape index (κ1) is 19.7. The highest BCUT2D eigenvalue weighted by Gasteiger charge is 2.22. The molecule has 1 heterocycles. The van der Waals surface area contributed by atoms with Gasteiger partial charge in [-0.05, 0) is 29.7 Å². The SMILES string of the molecule is O=C1COc2cc(C(O)C(O)CCNC(=O)OCc3ccccc3)ccc2N1. The van der Waals surface area contributed by atoms with Gasteiger partial charge in [-0.25, -0.2) is 4.79 Å². The number of amides is 2. The van der Waals surface area contributed by atoms with E-state index in [-0.39, 0.29) is 32.1 Å². The molecular weight excluding hydrogens is 364 g/mol. The highest BCUT2D eigenvalue weighted by Crippen LogP contribution is 2.31. The molecule has 2 amide bonds. The third-order valence-corrected chi connectivity index (χ3v) is 4.27. The second kappa shape index (κ2) is 9.20. The molecule has 4 N–H and O–H groups in total.